The summed E-state index contributed by atoms with van der Waals surface area (Å²) in [6, 6.07) is 0. The Morgan fingerprint density at radius 2 is 2.00 bits per heavy atom. The number of nitrogens with one attached hydrogen (secondary N) is 1. The number of aromatic nitrogens is 2. The van der Waals surface area contributed by atoms with Crippen LogP contribution in [0.5, 0.6) is 0 Å². The number of hydrogen-bond acceptors (Lipinski definition) is 13. The molecule has 2 aliphatic rings. The summed E-state index contributed by atoms with van der Waals surface area (Å²) in [5.74, 6) is 0.165. The van der Waals surface area contributed by atoms with E-state index in [1.807, 2.05) is 0 Å². The highest BCUT2D eigenvalue weighted by Gasteiger charge is 2.54. The van der Waals surface area contributed by atoms with Gasteiger partial charge in [0.2, 0.25) is 0 Å². The number of aliphatic hydroxyl groups excluding tert-OH is 1. The van der Waals surface area contributed by atoms with Gasteiger partial charge in [-0.2, -0.15) is 9.30 Å². The summed E-state index contributed by atoms with van der Waals surface area (Å²) < 4.78 is 41.7. The molecule has 2 aliphatic heterocycles. The number of aliphatic imine (C=N–C) groups is 1. The number of fused-ring (bicyclic) bond motifs is 1. The van der Waals surface area contributed by atoms with E-state index in [9.17, 15) is 29.1 Å². The molecule has 0 aromatic carbocycles. The van der Waals surface area contributed by atoms with Crippen LogP contribution in [0, 0.1) is 0 Å². The molecule has 21 heteroatoms. The Morgan fingerprint density at radius 1 is 1.36 bits per heavy atom. The second-order valence-corrected chi connectivity index (χ2v) is 12.8. The quantitative estimate of drug-likeness (QED) is 0.178. The highest BCUT2D eigenvalue weighted by molar-refractivity contribution is 8.08. The zero-order valence-corrected chi connectivity index (χ0v) is 20.0. The minimum atomic E-state index is -5.51. The van der Waals surface area contributed by atoms with E-state index in [1.165, 1.54) is 17.8 Å². The minimum absolute atomic E-state index is 0.00333. The number of hydrogen-bond donors (Lipinski definition) is 8. The molecule has 1 unspecified atom stereocenters. The number of rotatable bonds is 8. The van der Waals surface area contributed by atoms with Crippen LogP contribution in [0.4, 0.5) is 5.82 Å². The number of guanidine groups is 1. The fourth-order valence-electron chi connectivity index (χ4n) is 3.05. The van der Waals surface area contributed by atoms with Crippen molar-refractivity contribution in [2.24, 2.45) is 10.7 Å². The predicted molar refractivity (Wildman–Crippen MR) is 113 cm³/mol. The summed E-state index contributed by atoms with van der Waals surface area (Å²) >= 11 is 4.52. The van der Waals surface area contributed by atoms with Gasteiger partial charge in [-0.05, 0) is 18.7 Å². The largest absolute Gasteiger partial charge is 0.488 e. The monoisotopic (exact) mass is 551 g/mol. The first kappa shape index (κ1) is 26.5. The topological polar surface area (TPSA) is 261 Å². The van der Waals surface area contributed by atoms with E-state index >= 15 is 0 Å². The minimum Gasteiger partial charge on any atom is -0.387 e. The number of phosphoric acid groups is 2. The number of imidazole rings is 1. The molecule has 1 saturated heterocycles. The van der Waals surface area contributed by atoms with Gasteiger partial charge in [-0.3, -0.25) is 4.57 Å². The van der Waals surface area contributed by atoms with Crippen LogP contribution in [0.3, 0.4) is 0 Å². The van der Waals surface area contributed by atoms with Crippen LogP contribution in [-0.4, -0.2) is 69.7 Å². The molecule has 33 heavy (non-hydrogen) atoms. The van der Waals surface area contributed by atoms with Crippen LogP contribution < -0.4 is 11.1 Å². The summed E-state index contributed by atoms with van der Waals surface area (Å²) in [4.78, 5) is 44.6. The summed E-state index contributed by atoms with van der Waals surface area (Å²) in [7, 11) is -11.0. The third-order valence-electron chi connectivity index (χ3n) is 4.38. The molecule has 0 saturated carbocycles. The van der Waals surface area contributed by atoms with Crippen LogP contribution in [-0.2, 0) is 38.8 Å². The van der Waals surface area contributed by atoms with Gasteiger partial charge in [-0.25, -0.2) is 18.4 Å². The Kier molecular flexibility index (Phi) is 7.12. The van der Waals surface area contributed by atoms with Gasteiger partial charge in [0, 0.05) is 0 Å². The van der Waals surface area contributed by atoms with Crippen LogP contribution in [0.1, 0.15) is 18.8 Å². The van der Waals surface area contributed by atoms with Crippen molar-refractivity contribution in [3.05, 3.63) is 18.6 Å². The third-order valence-corrected chi connectivity index (χ3v) is 9.10. The van der Waals surface area contributed by atoms with E-state index in [-0.39, 0.29) is 11.8 Å². The molecule has 1 fully saturated rings. The number of nitrogens with zero attached hydrogens (tertiary/aromatic N) is 3. The Labute approximate surface area is 190 Å². The summed E-state index contributed by atoms with van der Waals surface area (Å²) in [6.07, 6.45) is -3.04. The van der Waals surface area contributed by atoms with Crippen molar-refractivity contribution in [3.8, 4) is 0 Å². The Balaban J connectivity index is 1.75. The van der Waals surface area contributed by atoms with Gasteiger partial charge < -0.3 is 50.1 Å². The van der Waals surface area contributed by atoms with E-state index in [2.05, 4.69) is 42.3 Å². The Bertz CT molecular complexity index is 1130. The molecular formula is C12H20N5O12P3S. The number of nitrogens with two attached hydrogens (primary N) is 1. The SMILES string of the molecule is C=C1NC(N)=Nc2c1ncn2[C@@H]1O[C@H](CO[P@](O)(=S)OP(=O)(O)OP(=O)(O)O)[C@@H](O)[C@@]1(C)O. The molecule has 9 N–H and O–H groups in total. The van der Waals surface area contributed by atoms with Crippen molar-refractivity contribution in [3.63, 3.8) is 0 Å². The molecule has 0 amide bonds. The highest BCUT2D eigenvalue weighted by Crippen LogP contribution is 2.66. The van der Waals surface area contributed by atoms with Gasteiger partial charge in [0.1, 0.15) is 23.5 Å². The lowest BCUT2D eigenvalue weighted by Gasteiger charge is -2.28. The molecule has 0 radical (unpaired) electrons. The van der Waals surface area contributed by atoms with Gasteiger partial charge in [0.25, 0.3) is 0 Å². The molecule has 0 bridgehead atoms. The molecule has 0 spiro atoms. The molecule has 17 nitrogen and oxygen atoms in total. The van der Waals surface area contributed by atoms with Crippen molar-refractivity contribution < 1.29 is 56.8 Å². The van der Waals surface area contributed by atoms with Gasteiger partial charge in [0.05, 0.1) is 18.6 Å². The molecule has 1 aromatic heterocycles. The van der Waals surface area contributed by atoms with Crippen molar-refractivity contribution in [1.82, 2.24) is 14.9 Å². The van der Waals surface area contributed by atoms with Crippen LogP contribution >= 0.6 is 22.4 Å². The van der Waals surface area contributed by atoms with Crippen LogP contribution in [0.2, 0.25) is 0 Å². The predicted octanol–water partition coefficient (Wildman–Crippen LogP) is -1.13. The lowest BCUT2D eigenvalue weighted by molar-refractivity contribution is -0.0956. The summed E-state index contributed by atoms with van der Waals surface area (Å²) in [5, 5.41) is 24.0. The fourth-order valence-corrected chi connectivity index (χ4v) is 7.03. The molecule has 3 rings (SSSR count). The maximum atomic E-state index is 11.6. The fraction of sp³-hybridized carbons (Fsp3) is 0.500. The van der Waals surface area contributed by atoms with E-state index in [4.69, 9.17) is 24.8 Å². The summed E-state index contributed by atoms with van der Waals surface area (Å²) in [5.41, 5.74) is 4.36. The molecular weight excluding hydrogens is 531 g/mol. The van der Waals surface area contributed by atoms with Crippen molar-refractivity contribution in [1.29, 1.82) is 0 Å². The van der Waals surface area contributed by atoms with E-state index in [1.54, 1.807) is 0 Å². The van der Waals surface area contributed by atoms with Gasteiger partial charge in [-0.15, -0.1) is 0 Å². The van der Waals surface area contributed by atoms with Gasteiger partial charge >= 0.3 is 22.4 Å². The van der Waals surface area contributed by atoms with Crippen molar-refractivity contribution in [2.75, 3.05) is 6.61 Å². The van der Waals surface area contributed by atoms with E-state index in [0.717, 1.165) is 0 Å². The third kappa shape index (κ3) is 5.96. The zero-order valence-electron chi connectivity index (χ0n) is 16.5. The maximum absolute atomic E-state index is 11.6. The lowest BCUT2D eigenvalue weighted by Crippen LogP contribution is -2.44. The van der Waals surface area contributed by atoms with E-state index < -0.39 is 53.0 Å². The Morgan fingerprint density at radius 3 is 2.61 bits per heavy atom. The van der Waals surface area contributed by atoms with E-state index in [0.29, 0.717) is 11.4 Å². The Hall–Kier alpha value is -1.07. The normalized spacial score (nSPS) is 31.3. The number of ether oxygens (including phenoxy) is 1. The second kappa shape index (κ2) is 8.86. The molecule has 0 aliphatic carbocycles. The second-order valence-electron chi connectivity index (χ2n) is 7.01. The summed E-state index contributed by atoms with van der Waals surface area (Å²) in [6.45, 7) is -0.421. The average Bonchev–Trinajstić information content (AvgIpc) is 3.10. The van der Waals surface area contributed by atoms with Crippen molar-refractivity contribution >= 4 is 51.6 Å². The van der Waals surface area contributed by atoms with Crippen LogP contribution in [0.15, 0.2) is 17.9 Å². The standard InChI is InChI=1S/C12H20N5O12P3S/c1-5-7-9(16-11(13)15-5)17(4-14-7)10-12(2,19)8(18)6(27-10)3-26-32(25,33)29-31(23,24)28-30(20,21)22/h4,6,8,10,18-19H,1,3H2,2H3,(H,23,24)(H,25,33)(H3,13,15,16)(H2,20,21,22)/t6-,8-,10-,12-,32+/m1/s1. The average molecular weight is 551 g/mol. The molecule has 3 heterocycles. The van der Waals surface area contributed by atoms with Crippen LogP contribution in [0.25, 0.3) is 5.70 Å². The zero-order chi connectivity index (χ0) is 25.0. The molecule has 186 valence electrons. The molecule has 1 aromatic rings. The molecule has 6 atom stereocenters. The van der Waals surface area contributed by atoms with Crippen molar-refractivity contribution in [2.45, 2.75) is 31.0 Å². The lowest BCUT2D eigenvalue weighted by atomic mass is 9.96. The first-order valence-electron chi connectivity index (χ1n) is 8.63. The number of aliphatic hydroxyl groups is 2. The smallest absolute Gasteiger partial charge is 0.387 e. The van der Waals surface area contributed by atoms with Gasteiger partial charge in [-0.1, -0.05) is 6.58 Å². The van der Waals surface area contributed by atoms with Gasteiger partial charge in [0.15, 0.2) is 18.0 Å². The highest BCUT2D eigenvalue weighted by atomic mass is 32.5. The first-order valence-corrected chi connectivity index (χ1v) is 14.2. The maximum Gasteiger partial charge on any atom is 0.488 e. The first-order chi connectivity index (χ1) is 14.9.